The first-order valence-electron chi connectivity index (χ1n) is 45.1. The van der Waals surface area contributed by atoms with Crippen LogP contribution < -0.4 is 21.1 Å². The van der Waals surface area contributed by atoms with Crippen molar-refractivity contribution < 1.29 is 115 Å². The zero-order valence-corrected chi connectivity index (χ0v) is 75.2. The topological polar surface area (TPSA) is 414 Å². The lowest BCUT2D eigenvalue weighted by Gasteiger charge is -2.42. The number of esters is 1. The van der Waals surface area contributed by atoms with Crippen molar-refractivity contribution in [2.24, 2.45) is 41.4 Å². The molecule has 2 aliphatic carbocycles. The van der Waals surface area contributed by atoms with E-state index in [1.807, 2.05) is 88.4 Å². The fourth-order valence-corrected chi connectivity index (χ4v) is 17.3. The first kappa shape index (κ1) is 101. The van der Waals surface area contributed by atoms with Crippen LogP contribution in [0.3, 0.4) is 0 Å². The number of nitrogen functional groups attached to an aromatic ring is 1. The molecule has 33 nitrogen and oxygen atoms in total. The monoisotopic (exact) mass is 1760 g/mol. The standard InChI is InChI=1S/C92H141N9O24/c1-60-17-12-11-13-18-62(3)77(112-9)58-71-29-23-66(7)92(110,125-71)85(105)89(107)100-34-15-14-20-73(100)90(108)123-74(30-22-61(2)54-65(6)83(103)84(104)82(102)64(5)53-60)63(4)55-67-24-31-75(78(56-67)113-10)124-91(109)95-33-36-115-38-40-117-42-44-119-46-48-121-50-52-122-51-49-120-47-45-118-43-41-116-39-37-114-35-32-94-88(106)69-27-25-68(26-28-69)87-99-80(81-86(93)96-59-97-101(81)87)72-57-70-19-16-21-76(111-8)79(70)98-72/h11-13,16-19,21,54,57,59-61,63-64,66-69,71,73-75,77-78,83-84,98,103-104,110H,14-15,20,22-53,55-56,58H2,1-10H3,(H,94,106)(H,95,109)(H2,93,96,97)/b13-11+,17-12+,62-18+,65-54+/t60-,61+,63-,64-,66-,67+,68-,69-,71+,73+,74+,75-,77+,78-,83-,84+,92-/m1/s1. The van der Waals surface area contributed by atoms with E-state index < -0.39 is 95.9 Å². The fourth-order valence-electron chi connectivity index (χ4n) is 17.3. The normalized spacial score (nSPS) is 28.6. The van der Waals surface area contributed by atoms with Gasteiger partial charge in [0.15, 0.2) is 11.6 Å². The number of aliphatic hydroxyl groups excluding tert-OH is 2. The lowest BCUT2D eigenvalue weighted by Crippen LogP contribution is -2.61. The number of amides is 3. The van der Waals surface area contributed by atoms with Crippen molar-refractivity contribution in [2.45, 2.75) is 218 Å². The summed E-state index contributed by atoms with van der Waals surface area (Å²) < 4.78 is 88.4. The number of nitrogens with zero attached hydrogens (tertiary/aromatic N) is 5. The molecule has 9 rings (SSSR count). The third-order valence-corrected chi connectivity index (χ3v) is 24.6. The van der Waals surface area contributed by atoms with Crippen molar-refractivity contribution in [1.82, 2.24) is 40.1 Å². The molecule has 33 heteroatoms. The Morgan fingerprint density at radius 3 is 1.91 bits per heavy atom. The lowest BCUT2D eigenvalue weighted by atomic mass is 9.78. The number of piperidine rings is 1. The fraction of sp³-hybridized carbons (Fsp3) is 0.707. The Kier molecular flexibility index (Phi) is 43.1. The van der Waals surface area contributed by atoms with Crippen LogP contribution >= 0.6 is 0 Å². The van der Waals surface area contributed by atoms with Gasteiger partial charge in [-0.25, -0.2) is 24.1 Å². The van der Waals surface area contributed by atoms with Crippen LogP contribution in [0.2, 0.25) is 0 Å². The van der Waals surface area contributed by atoms with E-state index in [0.29, 0.717) is 219 Å². The van der Waals surface area contributed by atoms with Crippen LogP contribution in [0, 0.1) is 41.4 Å². The molecule has 3 amide bonds. The minimum absolute atomic E-state index is 0.0258. The Labute approximate surface area is 735 Å². The Hall–Kier alpha value is -7.71. The van der Waals surface area contributed by atoms with E-state index in [2.05, 4.69) is 25.7 Å². The van der Waals surface area contributed by atoms with Gasteiger partial charge in [0, 0.05) is 69.3 Å². The van der Waals surface area contributed by atoms with Gasteiger partial charge in [0.25, 0.3) is 11.7 Å². The molecule has 2 saturated heterocycles. The van der Waals surface area contributed by atoms with Crippen molar-refractivity contribution in [3.05, 3.63) is 84.0 Å². The van der Waals surface area contributed by atoms with Gasteiger partial charge in [0.1, 0.15) is 59.6 Å². The Morgan fingerprint density at radius 2 is 1.30 bits per heavy atom. The van der Waals surface area contributed by atoms with Crippen molar-refractivity contribution in [1.29, 1.82) is 0 Å². The average molecular weight is 1760 g/mol. The van der Waals surface area contributed by atoms with Crippen molar-refractivity contribution in [3.8, 4) is 17.1 Å². The second-order valence-electron chi connectivity index (χ2n) is 34.0. The summed E-state index contributed by atoms with van der Waals surface area (Å²) in [6.45, 7) is 20.7. The number of aromatic amines is 1. The van der Waals surface area contributed by atoms with E-state index in [-0.39, 0.29) is 67.5 Å². The van der Waals surface area contributed by atoms with Crippen LogP contribution in [0.1, 0.15) is 169 Å². The molecule has 6 heterocycles. The summed E-state index contributed by atoms with van der Waals surface area (Å²) in [4.78, 5) is 97.5. The van der Waals surface area contributed by atoms with Gasteiger partial charge in [-0.15, -0.1) is 0 Å². The number of hydrogen-bond donors (Lipinski definition) is 7. The van der Waals surface area contributed by atoms with Crippen LogP contribution in [0.25, 0.3) is 27.8 Å². The minimum atomic E-state index is -2.44. The number of nitrogens with two attached hydrogens (primary N) is 1. The molecule has 5 aliphatic rings. The molecule has 8 N–H and O–H groups in total. The molecule has 2 saturated carbocycles. The molecule has 0 radical (unpaired) electrons. The van der Waals surface area contributed by atoms with Gasteiger partial charge in [-0.2, -0.15) is 5.10 Å². The molecule has 1 aromatic carbocycles. The Balaban J connectivity index is 0.571. The second kappa shape index (κ2) is 53.3. The molecular weight excluding hydrogens is 1620 g/mol. The predicted molar refractivity (Wildman–Crippen MR) is 466 cm³/mol. The zero-order valence-electron chi connectivity index (χ0n) is 75.2. The van der Waals surface area contributed by atoms with Gasteiger partial charge in [-0.1, -0.05) is 83.2 Å². The van der Waals surface area contributed by atoms with Gasteiger partial charge in [0.05, 0.1) is 156 Å². The third-order valence-electron chi connectivity index (χ3n) is 24.6. The number of alkyl carbamates (subject to hydrolysis) is 1. The predicted octanol–water partition coefficient (Wildman–Crippen LogP) is 9.50. The molecule has 15 atom stereocenters. The van der Waals surface area contributed by atoms with Crippen LogP contribution in [0.15, 0.2) is 78.2 Å². The first-order chi connectivity index (χ1) is 60.4. The van der Waals surface area contributed by atoms with E-state index >= 15 is 0 Å². The highest BCUT2D eigenvalue weighted by Crippen LogP contribution is 2.42. The number of ether oxygens (including phenoxy) is 15. The number of Topliss-reactive ketones (excluding diaryl/α,β-unsaturated/α-hetero) is 2. The molecule has 2 bridgehead atoms. The number of methoxy groups -OCH3 is 3. The molecule has 4 aromatic rings. The zero-order chi connectivity index (χ0) is 89.6. The number of carbonyl (C=O) groups excluding carboxylic acids is 6. The lowest BCUT2D eigenvalue weighted by molar-refractivity contribution is -0.265. The highest BCUT2D eigenvalue weighted by atomic mass is 16.6. The van der Waals surface area contributed by atoms with E-state index in [1.54, 1.807) is 46.6 Å². The number of hydrogen-bond acceptors (Lipinski definition) is 28. The van der Waals surface area contributed by atoms with Crippen LogP contribution in [-0.2, 0) is 90.3 Å². The number of H-pyrrole nitrogens is 1. The SMILES string of the molecule is COc1cccc2cc(-c3nc([C@H]4CC[C@H](C(=O)NCCOCCOCCOCCOCCOCCOCCOCCOCCOCCNC(=O)O[C@@H]5CC[C@@H](C[C@@H](C)[C@@H]6CC[C@H](C)/C=C(\C)[C@@H](O)[C@@H](O)C(=O)[C@H](C)C[C@H](C)/C=C/C=C/C=C(\C)[C@@H](OC)C[C@@H]7CC[C@@H](C)[C@@](O)(O7)C(=O)C(=O)N7CCCC[C@H]7C(=O)O6)C[C@H]5OC)CC4)n4ncnc(N)c34)[nH]c12. The van der Waals surface area contributed by atoms with Crippen molar-refractivity contribution in [2.75, 3.05) is 166 Å². The first-order valence-corrected chi connectivity index (χ1v) is 45.1. The third kappa shape index (κ3) is 31.0. The minimum Gasteiger partial charge on any atom is -0.495 e. The molecule has 125 heavy (non-hydrogen) atoms. The number of rotatable bonds is 40. The molecule has 0 spiro atoms. The van der Waals surface area contributed by atoms with E-state index in [4.69, 9.17) is 81.8 Å². The number of aliphatic hydroxyl groups is 3. The van der Waals surface area contributed by atoms with E-state index in [1.165, 1.54) is 11.2 Å². The summed E-state index contributed by atoms with van der Waals surface area (Å²) in [6.07, 6.45) is 15.7. The number of aromatic nitrogens is 5. The number of carbonyl (C=O) groups is 6. The van der Waals surface area contributed by atoms with Crippen LogP contribution in [0.4, 0.5) is 10.6 Å². The number of para-hydroxylation sites is 1. The largest absolute Gasteiger partial charge is 0.495 e. The maximum absolute atomic E-state index is 14.7. The number of cyclic esters (lactones) is 1. The molecular formula is C92H141N9O24. The number of allylic oxidation sites excluding steroid dienone is 6. The second-order valence-corrected chi connectivity index (χ2v) is 34.0. The van der Waals surface area contributed by atoms with E-state index in [0.717, 1.165) is 59.4 Å². The highest BCUT2D eigenvalue weighted by Gasteiger charge is 2.53. The maximum atomic E-state index is 14.7. The van der Waals surface area contributed by atoms with Gasteiger partial charge in [0.2, 0.25) is 11.7 Å². The number of anilines is 1. The van der Waals surface area contributed by atoms with Gasteiger partial charge in [-0.3, -0.25) is 19.2 Å². The summed E-state index contributed by atoms with van der Waals surface area (Å²) in [6, 6.07) is 6.79. The highest BCUT2D eigenvalue weighted by molar-refractivity contribution is 6.39. The van der Waals surface area contributed by atoms with Gasteiger partial charge in [-0.05, 0) is 164 Å². The summed E-state index contributed by atoms with van der Waals surface area (Å²) in [5.74, 6) is -5.40. The number of ketones is 2. The number of fused-ring (bicyclic) bond motifs is 5. The summed E-state index contributed by atoms with van der Waals surface area (Å²) in [7, 11) is 4.80. The number of nitrogens with one attached hydrogen (secondary N) is 3. The Morgan fingerprint density at radius 1 is 0.672 bits per heavy atom. The smallest absolute Gasteiger partial charge is 0.407 e. The number of imidazole rings is 1. The van der Waals surface area contributed by atoms with E-state index in [9.17, 15) is 44.1 Å². The van der Waals surface area contributed by atoms with Crippen LogP contribution in [0.5, 0.6) is 5.75 Å². The molecule has 698 valence electrons. The summed E-state index contributed by atoms with van der Waals surface area (Å²) in [5.41, 5.74) is 10.7. The Bertz CT molecular complexity index is 4090. The molecule has 4 fully saturated rings. The quantitative estimate of drug-likeness (QED) is 0.00942. The number of benzene rings is 1. The van der Waals surface area contributed by atoms with Gasteiger partial charge < -0.3 is 113 Å². The maximum Gasteiger partial charge on any atom is 0.407 e. The van der Waals surface area contributed by atoms with Gasteiger partial charge >= 0.3 is 12.1 Å². The molecule has 0 unspecified atom stereocenters. The average Bonchev–Trinajstić information content (AvgIpc) is 1.60. The summed E-state index contributed by atoms with van der Waals surface area (Å²) in [5, 5.41) is 46.0. The van der Waals surface area contributed by atoms with Crippen molar-refractivity contribution >= 4 is 57.7 Å². The van der Waals surface area contributed by atoms with Crippen LogP contribution in [-0.4, -0.2) is 295 Å². The molecule has 3 aromatic heterocycles. The molecule has 3 aliphatic heterocycles. The van der Waals surface area contributed by atoms with Crippen molar-refractivity contribution in [3.63, 3.8) is 0 Å². The summed E-state index contributed by atoms with van der Waals surface area (Å²) >= 11 is 0.